The van der Waals surface area contributed by atoms with Crippen LogP contribution >= 0.6 is 0 Å². The fraction of sp³-hybridized carbons (Fsp3) is 0.333. The first-order valence-corrected chi connectivity index (χ1v) is 7.22. The molecule has 0 spiro atoms. The summed E-state index contributed by atoms with van der Waals surface area (Å²) in [4.78, 5) is 25.9. The van der Waals surface area contributed by atoms with Crippen LogP contribution in [0.1, 0.15) is 6.42 Å². The smallest absolute Gasteiger partial charge is 0.409 e. The number of cyclic esters (lactones) is 1. The number of anilines is 1. The molecule has 114 valence electrons. The number of hydrogen-bond donors (Lipinski definition) is 1. The Hall–Kier alpha value is -2.70. The third kappa shape index (κ3) is 3.49. The number of amides is 1. The second-order valence-electron chi connectivity index (χ2n) is 4.89. The first-order chi connectivity index (χ1) is 10.8. The monoisotopic (exact) mass is 299 g/mol. The molecule has 0 aliphatic carbocycles. The predicted molar refractivity (Wildman–Crippen MR) is 81.3 cm³/mol. The molecule has 0 aromatic carbocycles. The lowest BCUT2D eigenvalue weighted by Crippen LogP contribution is -2.40. The van der Waals surface area contributed by atoms with E-state index >= 15 is 0 Å². The molecule has 1 aliphatic rings. The topological polar surface area (TPSA) is 80.2 Å². The van der Waals surface area contributed by atoms with E-state index in [1.807, 2.05) is 18.2 Å². The van der Waals surface area contributed by atoms with E-state index in [1.165, 1.54) is 0 Å². The van der Waals surface area contributed by atoms with Crippen LogP contribution in [0.5, 0.6) is 0 Å². The van der Waals surface area contributed by atoms with E-state index < -0.39 is 0 Å². The molecule has 0 radical (unpaired) electrons. The third-order valence-electron chi connectivity index (χ3n) is 3.33. The summed E-state index contributed by atoms with van der Waals surface area (Å²) in [5.74, 6) is 0.534. The molecule has 7 nitrogen and oxygen atoms in total. The van der Waals surface area contributed by atoms with Crippen molar-refractivity contribution in [1.29, 1.82) is 0 Å². The quantitative estimate of drug-likeness (QED) is 0.906. The molecule has 1 amide bonds. The fourth-order valence-corrected chi connectivity index (χ4v) is 2.22. The van der Waals surface area contributed by atoms with E-state index in [1.54, 1.807) is 23.5 Å². The van der Waals surface area contributed by atoms with E-state index in [-0.39, 0.29) is 6.09 Å². The first-order valence-electron chi connectivity index (χ1n) is 7.22. The van der Waals surface area contributed by atoms with Gasteiger partial charge in [0, 0.05) is 43.8 Å². The zero-order valence-corrected chi connectivity index (χ0v) is 12.1. The lowest BCUT2D eigenvalue weighted by Gasteiger charge is -2.26. The summed E-state index contributed by atoms with van der Waals surface area (Å²) in [7, 11) is 0. The van der Waals surface area contributed by atoms with Crippen LogP contribution in [0, 0.1) is 0 Å². The number of rotatable bonds is 5. The number of pyridine rings is 1. The number of nitrogens with one attached hydrogen (secondary N) is 1. The van der Waals surface area contributed by atoms with E-state index in [9.17, 15) is 4.79 Å². The Balaban J connectivity index is 1.58. The van der Waals surface area contributed by atoms with Crippen molar-refractivity contribution in [3.8, 4) is 11.3 Å². The molecule has 3 heterocycles. The molecule has 1 aliphatic heterocycles. The second-order valence-corrected chi connectivity index (χ2v) is 4.89. The van der Waals surface area contributed by atoms with Crippen LogP contribution < -0.4 is 5.32 Å². The zero-order chi connectivity index (χ0) is 15.2. The Morgan fingerprint density at radius 2 is 2.27 bits per heavy atom. The van der Waals surface area contributed by atoms with E-state index in [2.05, 4.69) is 20.3 Å². The molecule has 0 saturated carbocycles. The Kier molecular flexibility index (Phi) is 4.43. The maximum atomic E-state index is 11.5. The molecule has 22 heavy (non-hydrogen) atoms. The molecule has 1 fully saturated rings. The van der Waals surface area contributed by atoms with Gasteiger partial charge in [-0.05, 0) is 24.6 Å². The van der Waals surface area contributed by atoms with E-state index in [0.717, 1.165) is 24.2 Å². The van der Waals surface area contributed by atoms with Crippen LogP contribution in [0.3, 0.4) is 0 Å². The molecule has 0 bridgehead atoms. The van der Waals surface area contributed by atoms with Gasteiger partial charge in [0.15, 0.2) is 0 Å². The standard InChI is InChI=1S/C15H17N5O2/c21-15-20(8-2-10-22-15)9-7-18-14-17-6-4-13(19-14)12-3-1-5-16-11-12/h1,3-6,11H,2,7-10H2,(H,17,18,19). The molecule has 1 N–H and O–H groups in total. The van der Waals surface area contributed by atoms with Gasteiger partial charge in [-0.15, -0.1) is 0 Å². The normalized spacial score (nSPS) is 14.5. The highest BCUT2D eigenvalue weighted by atomic mass is 16.6. The highest BCUT2D eigenvalue weighted by Crippen LogP contribution is 2.15. The van der Waals surface area contributed by atoms with Gasteiger partial charge in [0.05, 0.1) is 12.3 Å². The van der Waals surface area contributed by atoms with E-state index in [0.29, 0.717) is 25.6 Å². The number of carbonyl (C=O) groups excluding carboxylic acids is 1. The van der Waals surface area contributed by atoms with E-state index in [4.69, 9.17) is 4.74 Å². The summed E-state index contributed by atoms with van der Waals surface area (Å²) in [5.41, 5.74) is 1.75. The summed E-state index contributed by atoms with van der Waals surface area (Å²) in [6.45, 7) is 2.39. The molecule has 3 rings (SSSR count). The Labute approximate surface area is 128 Å². The van der Waals surface area contributed by atoms with Crippen LogP contribution in [0.25, 0.3) is 11.3 Å². The van der Waals surface area contributed by atoms with Crippen molar-refractivity contribution < 1.29 is 9.53 Å². The van der Waals surface area contributed by atoms with Crippen LogP contribution in [0.2, 0.25) is 0 Å². The number of hydrogen-bond acceptors (Lipinski definition) is 6. The average molecular weight is 299 g/mol. The molecule has 2 aromatic heterocycles. The minimum atomic E-state index is -0.252. The minimum Gasteiger partial charge on any atom is -0.449 e. The van der Waals surface area contributed by atoms with Gasteiger partial charge in [0.25, 0.3) is 0 Å². The van der Waals surface area contributed by atoms with Crippen molar-refractivity contribution in [2.45, 2.75) is 6.42 Å². The van der Waals surface area contributed by atoms with Crippen molar-refractivity contribution in [3.05, 3.63) is 36.8 Å². The molecule has 2 aromatic rings. The third-order valence-corrected chi connectivity index (χ3v) is 3.33. The summed E-state index contributed by atoms with van der Waals surface area (Å²) in [5, 5.41) is 3.13. The maximum Gasteiger partial charge on any atom is 0.409 e. The SMILES string of the molecule is O=C1OCCCN1CCNc1nccc(-c2cccnc2)n1. The summed E-state index contributed by atoms with van der Waals surface area (Å²) < 4.78 is 4.99. The molecule has 7 heteroatoms. The highest BCUT2D eigenvalue weighted by molar-refractivity contribution is 5.68. The molecule has 0 unspecified atom stereocenters. The fourth-order valence-electron chi connectivity index (χ4n) is 2.22. The lowest BCUT2D eigenvalue weighted by atomic mass is 10.2. The van der Waals surface area contributed by atoms with Crippen molar-refractivity contribution in [2.75, 3.05) is 31.6 Å². The Bertz CT molecular complexity index is 635. The average Bonchev–Trinajstić information content (AvgIpc) is 2.58. The Morgan fingerprint density at radius 3 is 3.09 bits per heavy atom. The van der Waals surface area contributed by atoms with Gasteiger partial charge in [0.1, 0.15) is 0 Å². The maximum absolute atomic E-state index is 11.5. The van der Waals surface area contributed by atoms with Crippen molar-refractivity contribution in [3.63, 3.8) is 0 Å². The highest BCUT2D eigenvalue weighted by Gasteiger charge is 2.18. The van der Waals surface area contributed by atoms with Crippen LogP contribution in [-0.4, -0.2) is 52.2 Å². The largest absolute Gasteiger partial charge is 0.449 e. The van der Waals surface area contributed by atoms with Gasteiger partial charge in [-0.1, -0.05) is 0 Å². The molecular weight excluding hydrogens is 282 g/mol. The zero-order valence-electron chi connectivity index (χ0n) is 12.1. The van der Waals surface area contributed by atoms with Crippen molar-refractivity contribution in [1.82, 2.24) is 19.9 Å². The van der Waals surface area contributed by atoms with Gasteiger partial charge in [-0.3, -0.25) is 4.98 Å². The van der Waals surface area contributed by atoms with Gasteiger partial charge < -0.3 is 15.0 Å². The van der Waals surface area contributed by atoms with Gasteiger partial charge in [-0.25, -0.2) is 14.8 Å². The summed E-state index contributed by atoms with van der Waals surface area (Å²) in [6.07, 6.45) is 5.81. The number of carbonyl (C=O) groups is 1. The van der Waals surface area contributed by atoms with Crippen LogP contribution in [0.4, 0.5) is 10.7 Å². The van der Waals surface area contributed by atoms with Crippen molar-refractivity contribution in [2.24, 2.45) is 0 Å². The van der Waals surface area contributed by atoms with Gasteiger partial charge in [0.2, 0.25) is 5.95 Å². The van der Waals surface area contributed by atoms with Crippen LogP contribution in [0.15, 0.2) is 36.8 Å². The lowest BCUT2D eigenvalue weighted by molar-refractivity contribution is 0.0746. The predicted octanol–water partition coefficient (Wildman–Crippen LogP) is 1.79. The van der Waals surface area contributed by atoms with Gasteiger partial charge in [-0.2, -0.15) is 0 Å². The Morgan fingerprint density at radius 1 is 1.32 bits per heavy atom. The molecule has 1 saturated heterocycles. The minimum absolute atomic E-state index is 0.252. The number of nitrogens with zero attached hydrogens (tertiary/aromatic N) is 4. The second kappa shape index (κ2) is 6.84. The molecule has 0 atom stereocenters. The summed E-state index contributed by atoms with van der Waals surface area (Å²) in [6, 6.07) is 5.65. The van der Waals surface area contributed by atoms with Gasteiger partial charge >= 0.3 is 6.09 Å². The number of aromatic nitrogens is 3. The summed E-state index contributed by atoms with van der Waals surface area (Å²) >= 11 is 0. The number of ether oxygens (including phenoxy) is 1. The van der Waals surface area contributed by atoms with Crippen LogP contribution in [-0.2, 0) is 4.74 Å². The molecular formula is C15H17N5O2. The van der Waals surface area contributed by atoms with Crippen molar-refractivity contribution >= 4 is 12.0 Å². The first kappa shape index (κ1) is 14.2.